The molecule has 1 saturated carbocycles. The van der Waals surface area contributed by atoms with E-state index >= 15 is 0 Å². The van der Waals surface area contributed by atoms with Crippen LogP contribution in [0.25, 0.3) is 11.0 Å². The van der Waals surface area contributed by atoms with E-state index in [0.29, 0.717) is 40.4 Å². The van der Waals surface area contributed by atoms with Crippen molar-refractivity contribution in [3.8, 4) is 17.5 Å². The van der Waals surface area contributed by atoms with E-state index in [2.05, 4.69) is 20.1 Å². The average molecular weight is 312 g/mol. The maximum Gasteiger partial charge on any atom is 0.253 e. The fourth-order valence-corrected chi connectivity index (χ4v) is 2.59. The van der Waals surface area contributed by atoms with Gasteiger partial charge in [-0.25, -0.2) is 19.6 Å². The number of methoxy groups -OCH3 is 1. The summed E-state index contributed by atoms with van der Waals surface area (Å²) in [5.74, 6) is 1.75. The lowest BCUT2D eigenvalue weighted by Gasteiger charge is -2.25. The Balaban J connectivity index is 1.79. The Bertz CT molecular complexity index is 858. The van der Waals surface area contributed by atoms with E-state index in [1.807, 2.05) is 4.68 Å². The van der Waals surface area contributed by atoms with Gasteiger partial charge in [0, 0.05) is 12.3 Å². The molecular weight excluding hydrogens is 296 g/mol. The topological polar surface area (TPSA) is 101 Å². The van der Waals surface area contributed by atoms with Gasteiger partial charge in [0.25, 0.3) is 5.88 Å². The van der Waals surface area contributed by atoms with E-state index in [0.717, 1.165) is 12.8 Å². The van der Waals surface area contributed by atoms with E-state index in [-0.39, 0.29) is 0 Å². The van der Waals surface area contributed by atoms with Crippen LogP contribution in [0.15, 0.2) is 24.7 Å². The van der Waals surface area contributed by atoms with Crippen molar-refractivity contribution in [1.29, 1.82) is 0 Å². The zero-order valence-corrected chi connectivity index (χ0v) is 12.6. The first-order chi connectivity index (χ1) is 11.3. The number of anilines is 1. The van der Waals surface area contributed by atoms with Crippen molar-refractivity contribution in [3.63, 3.8) is 0 Å². The number of aromatic nitrogens is 5. The predicted octanol–water partition coefficient (Wildman–Crippen LogP) is 2.33. The zero-order chi connectivity index (χ0) is 15.8. The molecule has 1 aliphatic rings. The third kappa shape index (κ3) is 2.32. The summed E-state index contributed by atoms with van der Waals surface area (Å²) in [6.45, 7) is 0. The van der Waals surface area contributed by atoms with Gasteiger partial charge in [-0.2, -0.15) is 0 Å². The molecule has 8 nitrogen and oxygen atoms in total. The first-order valence-corrected chi connectivity index (χ1v) is 7.43. The number of fused-ring (bicyclic) bond motifs is 1. The highest BCUT2D eigenvalue weighted by Gasteiger charge is 2.26. The highest BCUT2D eigenvalue weighted by molar-refractivity contribution is 5.90. The van der Waals surface area contributed by atoms with Crippen LogP contribution in [0.4, 0.5) is 5.82 Å². The highest BCUT2D eigenvalue weighted by atomic mass is 16.5. The van der Waals surface area contributed by atoms with Gasteiger partial charge in [0.15, 0.2) is 5.65 Å². The normalized spacial score (nSPS) is 14.7. The molecule has 0 unspecified atom stereocenters. The van der Waals surface area contributed by atoms with Crippen LogP contribution in [-0.4, -0.2) is 31.8 Å². The summed E-state index contributed by atoms with van der Waals surface area (Å²) < 4.78 is 12.9. The first kappa shape index (κ1) is 13.7. The second-order valence-electron chi connectivity index (χ2n) is 5.43. The summed E-state index contributed by atoms with van der Waals surface area (Å²) in [6, 6.07) is 3.77. The second kappa shape index (κ2) is 5.38. The Morgan fingerprint density at radius 1 is 1.26 bits per heavy atom. The Hall–Kier alpha value is -2.90. The van der Waals surface area contributed by atoms with Crippen molar-refractivity contribution in [2.24, 2.45) is 0 Å². The molecule has 0 aliphatic heterocycles. The maximum atomic E-state index is 6.01. The lowest BCUT2D eigenvalue weighted by Crippen LogP contribution is -2.18. The summed E-state index contributed by atoms with van der Waals surface area (Å²) in [7, 11) is 1.59. The van der Waals surface area contributed by atoms with Gasteiger partial charge in [-0.15, -0.1) is 5.10 Å². The molecule has 1 fully saturated rings. The van der Waals surface area contributed by atoms with E-state index in [1.54, 1.807) is 25.4 Å². The molecule has 0 atom stereocenters. The van der Waals surface area contributed by atoms with Crippen LogP contribution in [0.1, 0.15) is 25.3 Å². The van der Waals surface area contributed by atoms with E-state index < -0.39 is 0 Å². The minimum atomic E-state index is 0.336. The van der Waals surface area contributed by atoms with Gasteiger partial charge < -0.3 is 15.2 Å². The predicted molar refractivity (Wildman–Crippen MR) is 83.5 cm³/mol. The number of hydrogen-bond donors (Lipinski definition) is 1. The van der Waals surface area contributed by atoms with E-state index in [4.69, 9.17) is 15.2 Å². The van der Waals surface area contributed by atoms with Gasteiger partial charge in [-0.3, -0.25) is 0 Å². The summed E-state index contributed by atoms with van der Waals surface area (Å²) in [6.07, 6.45) is 6.41. The number of nitrogens with zero attached hydrogens (tertiary/aromatic N) is 5. The Labute approximate surface area is 132 Å². The standard InChI is InChI=1S/C15H16N6O2/c1-22-10-5-6-17-11(7-10)23-15-12-13(16)18-8-19-14(12)21(20-15)9-3-2-4-9/h5-9H,2-4H2,1H3,(H2,16,18,19). The molecule has 0 radical (unpaired) electrons. The van der Waals surface area contributed by atoms with Gasteiger partial charge in [0.2, 0.25) is 5.88 Å². The van der Waals surface area contributed by atoms with Crippen LogP contribution in [0.5, 0.6) is 17.5 Å². The van der Waals surface area contributed by atoms with Gasteiger partial charge in [-0.1, -0.05) is 0 Å². The Morgan fingerprint density at radius 2 is 2.13 bits per heavy atom. The van der Waals surface area contributed by atoms with Crippen molar-refractivity contribution in [1.82, 2.24) is 24.7 Å². The van der Waals surface area contributed by atoms with Crippen molar-refractivity contribution < 1.29 is 9.47 Å². The molecule has 23 heavy (non-hydrogen) atoms. The second-order valence-corrected chi connectivity index (χ2v) is 5.43. The highest BCUT2D eigenvalue weighted by Crippen LogP contribution is 2.38. The van der Waals surface area contributed by atoms with Crippen LogP contribution in [0.3, 0.4) is 0 Å². The van der Waals surface area contributed by atoms with Crippen LogP contribution < -0.4 is 15.2 Å². The third-order valence-corrected chi connectivity index (χ3v) is 4.05. The van der Waals surface area contributed by atoms with Crippen LogP contribution in [0, 0.1) is 0 Å². The van der Waals surface area contributed by atoms with Gasteiger partial charge in [0.1, 0.15) is 23.3 Å². The van der Waals surface area contributed by atoms with Gasteiger partial charge in [0.05, 0.1) is 13.2 Å². The van der Waals surface area contributed by atoms with Crippen LogP contribution in [0.2, 0.25) is 0 Å². The number of nitrogens with two attached hydrogens (primary N) is 1. The largest absolute Gasteiger partial charge is 0.497 e. The first-order valence-electron chi connectivity index (χ1n) is 7.43. The molecule has 3 aromatic heterocycles. The Kier molecular flexibility index (Phi) is 3.22. The van der Waals surface area contributed by atoms with Crippen molar-refractivity contribution in [2.45, 2.75) is 25.3 Å². The molecule has 3 heterocycles. The van der Waals surface area contributed by atoms with Crippen LogP contribution >= 0.6 is 0 Å². The lowest BCUT2D eigenvalue weighted by atomic mass is 9.93. The monoisotopic (exact) mass is 312 g/mol. The molecule has 0 saturated heterocycles. The molecule has 4 rings (SSSR count). The fourth-order valence-electron chi connectivity index (χ4n) is 2.59. The number of pyridine rings is 1. The summed E-state index contributed by atoms with van der Waals surface area (Å²) in [4.78, 5) is 12.5. The molecule has 3 aromatic rings. The molecule has 1 aliphatic carbocycles. The molecule has 0 spiro atoms. The molecule has 0 bridgehead atoms. The molecule has 0 amide bonds. The molecule has 118 valence electrons. The zero-order valence-electron chi connectivity index (χ0n) is 12.6. The summed E-state index contributed by atoms with van der Waals surface area (Å²) in [5.41, 5.74) is 6.70. The smallest absolute Gasteiger partial charge is 0.253 e. The van der Waals surface area contributed by atoms with Gasteiger partial charge in [-0.05, 0) is 25.3 Å². The summed E-state index contributed by atoms with van der Waals surface area (Å²) >= 11 is 0. The fraction of sp³-hybridized carbons (Fsp3) is 0.333. The number of nitrogen functional groups attached to an aromatic ring is 1. The molecule has 0 aromatic carbocycles. The molecule has 8 heteroatoms. The molecular formula is C15H16N6O2. The number of hydrogen-bond acceptors (Lipinski definition) is 7. The van der Waals surface area contributed by atoms with Crippen molar-refractivity contribution in [2.75, 3.05) is 12.8 Å². The summed E-state index contributed by atoms with van der Waals surface area (Å²) in [5, 5.41) is 5.17. The lowest BCUT2D eigenvalue weighted by molar-refractivity contribution is 0.289. The quantitative estimate of drug-likeness (QED) is 0.788. The number of ether oxygens (including phenoxy) is 2. The SMILES string of the molecule is COc1ccnc(Oc2nn(C3CCC3)c3ncnc(N)c23)c1. The number of rotatable bonds is 4. The minimum Gasteiger partial charge on any atom is -0.497 e. The van der Waals surface area contributed by atoms with E-state index in [9.17, 15) is 0 Å². The van der Waals surface area contributed by atoms with Gasteiger partial charge >= 0.3 is 0 Å². The minimum absolute atomic E-state index is 0.336. The van der Waals surface area contributed by atoms with Crippen LogP contribution in [-0.2, 0) is 0 Å². The van der Waals surface area contributed by atoms with E-state index in [1.165, 1.54) is 12.7 Å². The molecule has 2 N–H and O–H groups in total. The maximum absolute atomic E-state index is 6.01. The van der Waals surface area contributed by atoms with Crippen molar-refractivity contribution in [3.05, 3.63) is 24.7 Å². The Morgan fingerprint density at radius 3 is 2.87 bits per heavy atom. The average Bonchev–Trinajstić information content (AvgIpc) is 2.86. The van der Waals surface area contributed by atoms with Crippen molar-refractivity contribution >= 4 is 16.9 Å². The third-order valence-electron chi connectivity index (χ3n) is 4.05.